The number of nitrogens with zero attached hydrogens (tertiary/aromatic N) is 1. The Morgan fingerprint density at radius 2 is 1.96 bits per heavy atom. The summed E-state index contributed by atoms with van der Waals surface area (Å²) in [5.74, 6) is 0.421. The molecule has 1 aliphatic carbocycles. The van der Waals surface area contributed by atoms with Crippen LogP contribution in [-0.4, -0.2) is 28.9 Å². The van der Waals surface area contributed by atoms with Gasteiger partial charge in [0, 0.05) is 23.1 Å². The van der Waals surface area contributed by atoms with Crippen molar-refractivity contribution in [2.75, 3.05) is 6.54 Å². The molecule has 1 amide bonds. The van der Waals surface area contributed by atoms with E-state index in [1.807, 2.05) is 39.0 Å². The summed E-state index contributed by atoms with van der Waals surface area (Å²) in [5.41, 5.74) is 6.99. The summed E-state index contributed by atoms with van der Waals surface area (Å²) < 4.78 is -0.448. The fraction of sp³-hybridized carbons (Fsp3) is 0.650. The quantitative estimate of drug-likeness (QED) is 0.686. The van der Waals surface area contributed by atoms with Crippen LogP contribution >= 0.6 is 0 Å². The largest absolute Gasteiger partial charge is 0.345 e. The smallest absolute Gasteiger partial charge is 0.302 e. The van der Waals surface area contributed by atoms with Gasteiger partial charge in [-0.1, -0.05) is 31.0 Å². The average Bonchev–Trinajstić information content (AvgIpc) is 2.66. The van der Waals surface area contributed by atoms with Gasteiger partial charge in [-0.3, -0.25) is 10.5 Å². The highest BCUT2D eigenvalue weighted by atomic mass is 16.6. The predicted octanol–water partition coefficient (Wildman–Crippen LogP) is 2.87. The zero-order valence-corrected chi connectivity index (χ0v) is 15.5. The normalized spacial score (nSPS) is 39.5. The van der Waals surface area contributed by atoms with Gasteiger partial charge >= 0.3 is 5.91 Å². The van der Waals surface area contributed by atoms with Crippen molar-refractivity contribution in [3.8, 4) is 0 Å². The summed E-state index contributed by atoms with van der Waals surface area (Å²) in [4.78, 5) is 13.3. The summed E-state index contributed by atoms with van der Waals surface area (Å²) in [7, 11) is 0. The first-order valence-electron chi connectivity index (χ1n) is 9.50. The van der Waals surface area contributed by atoms with Gasteiger partial charge in [0.05, 0.1) is 5.92 Å². The number of rotatable bonds is 1. The molecule has 2 heterocycles. The zero-order valence-electron chi connectivity index (χ0n) is 15.5. The average molecular weight is 344 g/mol. The van der Waals surface area contributed by atoms with Gasteiger partial charge in [0.2, 0.25) is 0 Å². The number of benzene rings is 1. The maximum absolute atomic E-state index is 13.3. The summed E-state index contributed by atoms with van der Waals surface area (Å²) in [6, 6.07) is 7.92. The molecule has 3 aliphatic rings. The second-order valence-electron chi connectivity index (χ2n) is 9.23. The van der Waals surface area contributed by atoms with E-state index in [4.69, 9.17) is 5.73 Å². The summed E-state index contributed by atoms with van der Waals surface area (Å²) >= 11 is 0. The van der Waals surface area contributed by atoms with Crippen LogP contribution in [0.15, 0.2) is 24.3 Å². The molecule has 5 heteroatoms. The summed E-state index contributed by atoms with van der Waals surface area (Å²) in [5, 5.41) is 14.8. The zero-order chi connectivity index (χ0) is 18.0. The SMILES string of the molecule is CC(C)(C)NC(=O)[C@]1(N)[C@@H]2c3ccccc3[N@+]1(O)C[C@H]1CCCC[C@H]12. The van der Waals surface area contributed by atoms with E-state index in [0.717, 1.165) is 24.1 Å². The molecule has 0 aromatic heterocycles. The van der Waals surface area contributed by atoms with Crippen LogP contribution < -0.4 is 15.7 Å². The van der Waals surface area contributed by atoms with Crippen LogP contribution in [-0.2, 0) is 4.79 Å². The lowest BCUT2D eigenvalue weighted by molar-refractivity contribution is -0.203. The highest BCUT2D eigenvalue weighted by Gasteiger charge is 2.73. The monoisotopic (exact) mass is 344 g/mol. The number of amides is 1. The first-order chi connectivity index (χ1) is 11.7. The first-order valence-corrected chi connectivity index (χ1v) is 9.50. The highest BCUT2D eigenvalue weighted by Crippen LogP contribution is 2.60. The van der Waals surface area contributed by atoms with Gasteiger partial charge in [-0.2, -0.15) is 0 Å². The van der Waals surface area contributed by atoms with Crippen molar-refractivity contribution in [2.45, 2.75) is 63.6 Å². The fourth-order valence-electron chi connectivity index (χ4n) is 5.55. The topological polar surface area (TPSA) is 75.4 Å². The first kappa shape index (κ1) is 17.0. The fourth-order valence-corrected chi connectivity index (χ4v) is 5.55. The van der Waals surface area contributed by atoms with Gasteiger partial charge in [0.25, 0.3) is 5.66 Å². The molecule has 1 aromatic carbocycles. The lowest BCUT2D eigenvalue weighted by atomic mass is 9.64. The highest BCUT2D eigenvalue weighted by molar-refractivity contribution is 5.92. The molecular formula is C20H30N3O2+. The van der Waals surface area contributed by atoms with E-state index < -0.39 is 15.8 Å². The van der Waals surface area contributed by atoms with Crippen molar-refractivity contribution in [2.24, 2.45) is 17.6 Å². The number of hydrogen-bond donors (Lipinski definition) is 3. The molecule has 5 atom stereocenters. The molecule has 25 heavy (non-hydrogen) atoms. The van der Waals surface area contributed by atoms with E-state index in [9.17, 15) is 10.0 Å². The molecule has 4 N–H and O–H groups in total. The predicted molar refractivity (Wildman–Crippen MR) is 97.9 cm³/mol. The number of piperidine rings is 1. The van der Waals surface area contributed by atoms with Gasteiger partial charge < -0.3 is 5.32 Å². The molecule has 2 fully saturated rings. The van der Waals surface area contributed by atoms with Crippen molar-refractivity contribution in [1.82, 2.24) is 9.96 Å². The van der Waals surface area contributed by atoms with Crippen molar-refractivity contribution >= 4 is 11.6 Å². The lowest BCUT2D eigenvalue weighted by Crippen LogP contribution is -2.80. The Labute approximate surface area is 149 Å². The van der Waals surface area contributed by atoms with Crippen molar-refractivity contribution < 1.29 is 10.0 Å². The van der Waals surface area contributed by atoms with E-state index in [-0.39, 0.29) is 11.8 Å². The molecule has 0 unspecified atom stereocenters. The van der Waals surface area contributed by atoms with E-state index in [0.29, 0.717) is 18.4 Å². The second-order valence-corrected chi connectivity index (χ2v) is 9.23. The molecule has 1 saturated heterocycles. The molecule has 2 bridgehead atoms. The van der Waals surface area contributed by atoms with E-state index in [1.165, 1.54) is 12.8 Å². The van der Waals surface area contributed by atoms with Gasteiger partial charge in [-0.15, -0.1) is 4.65 Å². The molecule has 1 saturated carbocycles. The molecule has 0 spiro atoms. The number of quaternary nitrogens is 1. The third-order valence-electron chi connectivity index (χ3n) is 6.50. The van der Waals surface area contributed by atoms with Crippen LogP contribution in [0.3, 0.4) is 0 Å². The van der Waals surface area contributed by atoms with Crippen LogP contribution in [0.5, 0.6) is 0 Å². The maximum Gasteiger partial charge on any atom is 0.302 e. The molecule has 136 valence electrons. The Morgan fingerprint density at radius 1 is 1.28 bits per heavy atom. The Bertz CT molecular complexity index is 713. The Kier molecular flexibility index (Phi) is 3.60. The van der Waals surface area contributed by atoms with E-state index >= 15 is 0 Å². The van der Waals surface area contributed by atoms with Crippen LogP contribution in [0.2, 0.25) is 0 Å². The van der Waals surface area contributed by atoms with Gasteiger partial charge in [0.15, 0.2) is 5.69 Å². The third-order valence-corrected chi connectivity index (χ3v) is 6.50. The van der Waals surface area contributed by atoms with Gasteiger partial charge in [-0.05, 0) is 39.5 Å². The van der Waals surface area contributed by atoms with Gasteiger partial charge in [0.1, 0.15) is 6.54 Å². The lowest BCUT2D eigenvalue weighted by Gasteiger charge is -2.51. The van der Waals surface area contributed by atoms with Crippen LogP contribution in [0.4, 0.5) is 5.69 Å². The molecule has 5 nitrogen and oxygen atoms in total. The minimum absolute atomic E-state index is 0.130. The van der Waals surface area contributed by atoms with Crippen molar-refractivity contribution in [1.29, 1.82) is 0 Å². The van der Waals surface area contributed by atoms with Crippen LogP contribution in [0, 0.1) is 11.8 Å². The molecule has 1 aromatic rings. The number of fused-ring (bicyclic) bond motifs is 7. The molecule has 2 aliphatic heterocycles. The molecule has 0 radical (unpaired) electrons. The number of nitrogens with two attached hydrogens (primary N) is 1. The summed E-state index contributed by atoms with van der Waals surface area (Å²) in [6.07, 6.45) is 4.59. The van der Waals surface area contributed by atoms with E-state index in [1.54, 1.807) is 0 Å². The van der Waals surface area contributed by atoms with Crippen LogP contribution in [0.25, 0.3) is 0 Å². The van der Waals surface area contributed by atoms with Gasteiger partial charge in [-0.25, -0.2) is 5.21 Å². The Balaban J connectivity index is 1.87. The number of carbonyl (C=O) groups excluding carboxylic acids is 1. The third kappa shape index (κ3) is 2.22. The Morgan fingerprint density at radius 3 is 2.68 bits per heavy atom. The van der Waals surface area contributed by atoms with Crippen LogP contribution in [0.1, 0.15) is 57.9 Å². The maximum atomic E-state index is 13.3. The molecular weight excluding hydrogens is 314 g/mol. The number of carbonyl (C=O) groups is 1. The standard InChI is InChI=1S/C20H29N3O2/c1-19(2,3)22-18(24)20(21)17-14-9-5-4-8-13(14)12-23(20,25)16-11-7-6-10-15(16)17/h6-7,10-11,13-14,17,25H,4-5,8-9,12,21H2,1-3H3/p+1/t13-,14-,17+,20+,23-/m1/s1. The number of para-hydroxylation sites is 1. The number of nitrogens with one attached hydrogen (secondary N) is 1. The number of hydrogen-bond acceptors (Lipinski definition) is 3. The second kappa shape index (κ2) is 5.29. The molecule has 4 rings (SSSR count). The Hall–Kier alpha value is -1.43. The van der Waals surface area contributed by atoms with Crippen molar-refractivity contribution in [3.05, 3.63) is 29.8 Å². The van der Waals surface area contributed by atoms with Crippen molar-refractivity contribution in [3.63, 3.8) is 0 Å². The number of hydroxylamine groups is 2. The summed E-state index contributed by atoms with van der Waals surface area (Å²) in [6.45, 7) is 6.39. The van der Waals surface area contributed by atoms with E-state index in [2.05, 4.69) is 11.4 Å². The minimum atomic E-state index is -1.35. The minimum Gasteiger partial charge on any atom is -0.345 e.